The van der Waals surface area contributed by atoms with Gasteiger partial charge in [-0.2, -0.15) is 0 Å². The molecule has 27 heavy (non-hydrogen) atoms. The zero-order valence-electron chi connectivity index (χ0n) is 16.2. The van der Waals surface area contributed by atoms with Gasteiger partial charge in [0.1, 0.15) is 11.5 Å². The van der Waals surface area contributed by atoms with Gasteiger partial charge in [0.05, 0.1) is 20.8 Å². The highest BCUT2D eigenvalue weighted by Crippen LogP contribution is 2.25. The quantitative estimate of drug-likeness (QED) is 0.623. The van der Waals surface area contributed by atoms with Crippen LogP contribution in [0.5, 0.6) is 11.5 Å². The van der Waals surface area contributed by atoms with E-state index in [2.05, 4.69) is 22.9 Å². The number of halogens is 1. The average molecular weight is 400 g/mol. The average Bonchev–Trinajstić information content (AvgIpc) is 2.66. The minimum absolute atomic E-state index is 0. The second-order valence-electron chi connectivity index (χ2n) is 6.71. The van der Waals surface area contributed by atoms with Crippen molar-refractivity contribution in [2.75, 3.05) is 39.2 Å². The molecule has 1 saturated heterocycles. The maximum atomic E-state index is 12.1. The minimum atomic E-state index is -0.291. The molecule has 2 rings (SSSR count). The van der Waals surface area contributed by atoms with Crippen molar-refractivity contribution in [3.8, 4) is 11.5 Å². The van der Waals surface area contributed by atoms with Crippen LogP contribution in [0.4, 0.5) is 5.69 Å². The highest BCUT2D eigenvalue weighted by molar-refractivity contribution is 5.94. The summed E-state index contributed by atoms with van der Waals surface area (Å²) in [6.45, 7) is 4.06. The van der Waals surface area contributed by atoms with Gasteiger partial charge < -0.3 is 25.4 Å². The normalized spacial score (nSPS) is 17.2. The fourth-order valence-electron chi connectivity index (χ4n) is 3.16. The molecule has 2 unspecified atom stereocenters. The number of benzene rings is 1. The first-order valence-electron chi connectivity index (χ1n) is 9.02. The molecule has 152 valence electrons. The Hall–Kier alpha value is -1.99. The summed E-state index contributed by atoms with van der Waals surface area (Å²) in [5.74, 6) is 1.60. The van der Waals surface area contributed by atoms with Crippen LogP contribution in [-0.2, 0) is 9.59 Å². The summed E-state index contributed by atoms with van der Waals surface area (Å²) in [6, 6.07) is 5.11. The number of hydrogen-bond acceptors (Lipinski definition) is 5. The van der Waals surface area contributed by atoms with Crippen LogP contribution in [0.3, 0.4) is 0 Å². The van der Waals surface area contributed by atoms with Crippen LogP contribution in [-0.4, -0.2) is 45.7 Å². The van der Waals surface area contributed by atoms with Crippen LogP contribution >= 0.6 is 12.4 Å². The summed E-state index contributed by atoms with van der Waals surface area (Å²) in [4.78, 5) is 24.2. The number of ether oxygens (including phenoxy) is 2. The molecule has 0 aromatic heterocycles. The van der Waals surface area contributed by atoms with Crippen LogP contribution < -0.4 is 25.4 Å². The number of carbonyl (C=O) groups is 2. The smallest absolute Gasteiger partial charge is 0.243 e. The molecule has 1 fully saturated rings. The number of piperidine rings is 1. The molecule has 0 saturated carbocycles. The first-order chi connectivity index (χ1) is 12.5. The molecule has 1 aromatic rings. The van der Waals surface area contributed by atoms with Gasteiger partial charge in [-0.25, -0.2) is 0 Å². The lowest BCUT2D eigenvalue weighted by Gasteiger charge is -2.27. The van der Waals surface area contributed by atoms with Gasteiger partial charge in [-0.3, -0.25) is 9.59 Å². The molecule has 1 aliphatic rings. The van der Waals surface area contributed by atoms with E-state index in [4.69, 9.17) is 9.47 Å². The van der Waals surface area contributed by atoms with E-state index in [1.165, 1.54) is 0 Å². The van der Waals surface area contributed by atoms with Gasteiger partial charge >= 0.3 is 0 Å². The number of amides is 2. The predicted octanol–water partition coefficient (Wildman–Crippen LogP) is 2.21. The Kier molecular flexibility index (Phi) is 9.96. The molecular weight excluding hydrogens is 370 g/mol. The Labute approximate surface area is 167 Å². The number of methoxy groups -OCH3 is 2. The first kappa shape index (κ1) is 23.0. The molecule has 0 aliphatic carbocycles. The van der Waals surface area contributed by atoms with E-state index in [0.717, 1.165) is 25.9 Å². The molecule has 2 amide bonds. The summed E-state index contributed by atoms with van der Waals surface area (Å²) in [5, 5.41) is 8.80. The lowest BCUT2D eigenvalue weighted by atomic mass is 9.85. The summed E-state index contributed by atoms with van der Waals surface area (Å²) < 4.78 is 10.3. The molecule has 8 heteroatoms. The number of carbonyl (C=O) groups excluding carboxylic acids is 2. The van der Waals surface area contributed by atoms with Crippen molar-refractivity contribution >= 4 is 29.9 Å². The molecule has 0 spiro atoms. The van der Waals surface area contributed by atoms with E-state index < -0.39 is 0 Å². The molecule has 0 radical (unpaired) electrons. The van der Waals surface area contributed by atoms with Gasteiger partial charge in [-0.1, -0.05) is 6.92 Å². The Balaban J connectivity index is 0.00000364. The van der Waals surface area contributed by atoms with E-state index in [9.17, 15) is 9.59 Å². The Morgan fingerprint density at radius 1 is 1.19 bits per heavy atom. The largest absolute Gasteiger partial charge is 0.497 e. The number of rotatable bonds is 8. The summed E-state index contributed by atoms with van der Waals surface area (Å²) >= 11 is 0. The van der Waals surface area contributed by atoms with Crippen LogP contribution in [0.15, 0.2) is 18.2 Å². The van der Waals surface area contributed by atoms with E-state index >= 15 is 0 Å². The van der Waals surface area contributed by atoms with E-state index in [0.29, 0.717) is 35.4 Å². The zero-order valence-corrected chi connectivity index (χ0v) is 17.0. The lowest BCUT2D eigenvalue weighted by molar-refractivity contribution is -0.125. The molecular formula is C19H30ClN3O4. The number of anilines is 1. The van der Waals surface area contributed by atoms with Gasteiger partial charge in [0.25, 0.3) is 0 Å². The highest BCUT2D eigenvalue weighted by atomic mass is 35.5. The van der Waals surface area contributed by atoms with Gasteiger partial charge in [-0.15, -0.1) is 12.4 Å². The van der Waals surface area contributed by atoms with Gasteiger partial charge in [0.15, 0.2) is 0 Å². The second-order valence-corrected chi connectivity index (χ2v) is 6.71. The molecule has 1 aliphatic heterocycles. The zero-order chi connectivity index (χ0) is 18.9. The molecule has 2 atom stereocenters. The second kappa shape index (κ2) is 11.7. The Morgan fingerprint density at radius 3 is 2.41 bits per heavy atom. The Morgan fingerprint density at radius 2 is 1.85 bits per heavy atom. The topological polar surface area (TPSA) is 88.7 Å². The standard InChI is InChI=1S/C19H29N3O4.ClH/c1-13(14-5-4-6-20-11-14)7-18(23)21-12-19(24)22-15-8-16(25-2)10-17(9-15)26-3;/h8-10,13-14,20H,4-7,11-12H2,1-3H3,(H,21,23)(H,22,24);1H. The third-order valence-electron chi connectivity index (χ3n) is 4.73. The van der Waals surface area contributed by atoms with Gasteiger partial charge in [0, 0.05) is 30.3 Å². The summed E-state index contributed by atoms with van der Waals surface area (Å²) in [6.07, 6.45) is 2.75. The van der Waals surface area contributed by atoms with Gasteiger partial charge in [-0.05, 0) is 37.8 Å². The van der Waals surface area contributed by atoms with Crippen LogP contribution in [0.1, 0.15) is 26.2 Å². The monoisotopic (exact) mass is 399 g/mol. The maximum Gasteiger partial charge on any atom is 0.243 e. The Bertz CT molecular complexity index is 599. The lowest BCUT2D eigenvalue weighted by Crippen LogP contribution is -2.37. The highest BCUT2D eigenvalue weighted by Gasteiger charge is 2.22. The third-order valence-corrected chi connectivity index (χ3v) is 4.73. The van der Waals surface area contributed by atoms with Crippen molar-refractivity contribution in [3.63, 3.8) is 0 Å². The van der Waals surface area contributed by atoms with E-state index in [-0.39, 0.29) is 30.8 Å². The van der Waals surface area contributed by atoms with Crippen molar-refractivity contribution < 1.29 is 19.1 Å². The third kappa shape index (κ3) is 7.64. The maximum absolute atomic E-state index is 12.1. The van der Waals surface area contributed by atoms with Crippen LogP contribution in [0.25, 0.3) is 0 Å². The van der Waals surface area contributed by atoms with Crippen molar-refractivity contribution in [1.82, 2.24) is 10.6 Å². The molecule has 1 aromatic carbocycles. The minimum Gasteiger partial charge on any atom is -0.497 e. The molecule has 1 heterocycles. The SMILES string of the molecule is COc1cc(NC(=O)CNC(=O)CC(C)C2CCCNC2)cc(OC)c1.Cl. The molecule has 3 N–H and O–H groups in total. The van der Waals surface area contributed by atoms with E-state index in [1.54, 1.807) is 32.4 Å². The predicted molar refractivity (Wildman–Crippen MR) is 108 cm³/mol. The van der Waals surface area contributed by atoms with Crippen molar-refractivity contribution in [1.29, 1.82) is 0 Å². The fraction of sp³-hybridized carbons (Fsp3) is 0.579. The number of hydrogen-bond donors (Lipinski definition) is 3. The summed E-state index contributed by atoms with van der Waals surface area (Å²) in [5.41, 5.74) is 0.557. The fourth-order valence-corrected chi connectivity index (χ4v) is 3.16. The molecule has 7 nitrogen and oxygen atoms in total. The van der Waals surface area contributed by atoms with Crippen molar-refractivity contribution in [2.45, 2.75) is 26.2 Å². The number of nitrogens with one attached hydrogen (secondary N) is 3. The van der Waals surface area contributed by atoms with Gasteiger partial charge in [0.2, 0.25) is 11.8 Å². The van der Waals surface area contributed by atoms with Crippen molar-refractivity contribution in [2.24, 2.45) is 11.8 Å². The van der Waals surface area contributed by atoms with Crippen LogP contribution in [0, 0.1) is 11.8 Å². The first-order valence-corrected chi connectivity index (χ1v) is 9.02. The van der Waals surface area contributed by atoms with E-state index in [1.807, 2.05) is 0 Å². The molecule has 0 bridgehead atoms. The van der Waals surface area contributed by atoms with Crippen LogP contribution in [0.2, 0.25) is 0 Å². The summed E-state index contributed by atoms with van der Waals surface area (Å²) in [7, 11) is 3.09. The van der Waals surface area contributed by atoms with Crippen molar-refractivity contribution in [3.05, 3.63) is 18.2 Å².